The Balaban J connectivity index is 1.60. The third kappa shape index (κ3) is 2.53. The highest BCUT2D eigenvalue weighted by molar-refractivity contribution is 5.01. The smallest absolute Gasteiger partial charge is 0.0764 e. The van der Waals surface area contributed by atoms with Gasteiger partial charge in [-0.15, -0.1) is 0 Å². The standard InChI is InChI=1S/C13H21N3O/c17-13-6-7-15(10-13)9-11-5-8-16(14-11)12-3-1-2-4-12/h5,8,12-13,17H,1-4,6-7,9-10H2/t13-/m1/s1. The molecule has 1 aromatic heterocycles. The van der Waals surface area contributed by atoms with Crippen LogP contribution >= 0.6 is 0 Å². The fourth-order valence-electron chi connectivity index (χ4n) is 3.02. The minimum atomic E-state index is -0.132. The molecule has 4 nitrogen and oxygen atoms in total. The third-order valence-electron chi connectivity index (χ3n) is 4.00. The van der Waals surface area contributed by atoms with Crippen LogP contribution in [-0.2, 0) is 6.54 Å². The number of rotatable bonds is 3. The normalized spacial score (nSPS) is 27.0. The molecule has 0 unspecified atom stereocenters. The van der Waals surface area contributed by atoms with Crippen molar-refractivity contribution in [1.82, 2.24) is 14.7 Å². The van der Waals surface area contributed by atoms with Gasteiger partial charge in [-0.2, -0.15) is 5.10 Å². The fraction of sp³-hybridized carbons (Fsp3) is 0.769. The van der Waals surface area contributed by atoms with Crippen LogP contribution in [0.4, 0.5) is 0 Å². The van der Waals surface area contributed by atoms with E-state index in [2.05, 4.69) is 26.9 Å². The highest BCUT2D eigenvalue weighted by Gasteiger charge is 2.22. The topological polar surface area (TPSA) is 41.3 Å². The van der Waals surface area contributed by atoms with Gasteiger partial charge < -0.3 is 5.11 Å². The number of nitrogens with zero attached hydrogens (tertiary/aromatic N) is 3. The maximum atomic E-state index is 9.49. The van der Waals surface area contributed by atoms with E-state index >= 15 is 0 Å². The summed E-state index contributed by atoms with van der Waals surface area (Å²) in [6.45, 7) is 2.69. The van der Waals surface area contributed by atoms with Crippen LogP contribution in [0.15, 0.2) is 12.3 Å². The van der Waals surface area contributed by atoms with Crippen LogP contribution in [0.2, 0.25) is 0 Å². The molecule has 0 amide bonds. The largest absolute Gasteiger partial charge is 0.392 e. The van der Waals surface area contributed by atoms with Crippen LogP contribution in [0.25, 0.3) is 0 Å². The van der Waals surface area contributed by atoms with E-state index in [0.29, 0.717) is 6.04 Å². The van der Waals surface area contributed by atoms with E-state index < -0.39 is 0 Å². The average Bonchev–Trinajstić information content (AvgIpc) is 3.00. The summed E-state index contributed by atoms with van der Waals surface area (Å²) in [5.74, 6) is 0. The van der Waals surface area contributed by atoms with Crippen molar-refractivity contribution in [3.8, 4) is 0 Å². The summed E-state index contributed by atoms with van der Waals surface area (Å²) in [7, 11) is 0. The number of aliphatic hydroxyl groups excluding tert-OH is 1. The highest BCUT2D eigenvalue weighted by atomic mass is 16.3. The lowest BCUT2D eigenvalue weighted by molar-refractivity contribution is 0.174. The number of hydrogen-bond donors (Lipinski definition) is 1. The second-order valence-electron chi connectivity index (χ2n) is 5.40. The van der Waals surface area contributed by atoms with Crippen molar-refractivity contribution < 1.29 is 5.11 Å². The summed E-state index contributed by atoms with van der Waals surface area (Å²) in [4.78, 5) is 2.28. The lowest BCUT2D eigenvalue weighted by Crippen LogP contribution is -2.22. The van der Waals surface area contributed by atoms with Gasteiger partial charge in [-0.25, -0.2) is 0 Å². The van der Waals surface area contributed by atoms with Crippen LogP contribution in [0.5, 0.6) is 0 Å². The second-order valence-corrected chi connectivity index (χ2v) is 5.40. The molecular formula is C13H21N3O. The van der Waals surface area contributed by atoms with Gasteiger partial charge in [0.15, 0.2) is 0 Å². The van der Waals surface area contributed by atoms with E-state index in [-0.39, 0.29) is 6.10 Å². The minimum Gasteiger partial charge on any atom is -0.392 e. The first-order valence-corrected chi connectivity index (χ1v) is 6.76. The van der Waals surface area contributed by atoms with E-state index in [4.69, 9.17) is 0 Å². The molecule has 17 heavy (non-hydrogen) atoms. The lowest BCUT2D eigenvalue weighted by Gasteiger charge is -2.13. The second kappa shape index (κ2) is 4.78. The van der Waals surface area contributed by atoms with Gasteiger partial charge in [0.2, 0.25) is 0 Å². The summed E-state index contributed by atoms with van der Waals surface area (Å²) >= 11 is 0. The van der Waals surface area contributed by atoms with Gasteiger partial charge >= 0.3 is 0 Å². The quantitative estimate of drug-likeness (QED) is 0.864. The van der Waals surface area contributed by atoms with E-state index in [1.54, 1.807) is 0 Å². The van der Waals surface area contributed by atoms with Gasteiger partial charge in [0.05, 0.1) is 17.8 Å². The summed E-state index contributed by atoms with van der Waals surface area (Å²) < 4.78 is 2.15. The first kappa shape index (κ1) is 11.2. The zero-order valence-corrected chi connectivity index (χ0v) is 10.3. The lowest BCUT2D eigenvalue weighted by atomic mass is 10.3. The Kier molecular flexibility index (Phi) is 3.16. The van der Waals surface area contributed by atoms with Gasteiger partial charge in [0.25, 0.3) is 0 Å². The highest BCUT2D eigenvalue weighted by Crippen LogP contribution is 2.28. The minimum absolute atomic E-state index is 0.132. The van der Waals surface area contributed by atoms with Crippen LogP contribution < -0.4 is 0 Å². The summed E-state index contributed by atoms with van der Waals surface area (Å²) in [5, 5.41) is 14.2. The molecule has 1 atom stereocenters. The molecule has 1 aliphatic carbocycles. The van der Waals surface area contributed by atoms with Gasteiger partial charge in [0.1, 0.15) is 0 Å². The Labute approximate surface area is 102 Å². The SMILES string of the molecule is O[C@@H]1CCN(Cc2ccn(C3CCCC3)n2)C1. The predicted molar refractivity (Wildman–Crippen MR) is 65.6 cm³/mol. The van der Waals surface area contributed by atoms with Crippen LogP contribution in [0, 0.1) is 0 Å². The summed E-state index contributed by atoms with van der Waals surface area (Å²) in [6, 6.07) is 2.76. The molecule has 1 aromatic rings. The number of likely N-dealkylation sites (tertiary alicyclic amines) is 1. The van der Waals surface area contributed by atoms with Crippen LogP contribution in [0.3, 0.4) is 0 Å². The Morgan fingerprint density at radius 3 is 2.82 bits per heavy atom. The van der Waals surface area contributed by atoms with Crippen molar-refractivity contribution >= 4 is 0 Å². The zero-order valence-electron chi connectivity index (χ0n) is 10.3. The molecule has 3 rings (SSSR count). The third-order valence-corrected chi connectivity index (χ3v) is 4.00. The Morgan fingerprint density at radius 2 is 2.12 bits per heavy atom. The first-order chi connectivity index (χ1) is 8.31. The molecule has 0 bridgehead atoms. The number of β-amino-alcohol motifs (C(OH)–C–C–N with tert-alkyl or cyclic N) is 1. The van der Waals surface area contributed by atoms with Crippen molar-refractivity contribution in [3.05, 3.63) is 18.0 Å². The van der Waals surface area contributed by atoms with Crippen molar-refractivity contribution in [1.29, 1.82) is 0 Å². The zero-order chi connectivity index (χ0) is 11.7. The van der Waals surface area contributed by atoms with E-state index in [9.17, 15) is 5.11 Å². The molecule has 1 aliphatic heterocycles. The molecular weight excluding hydrogens is 214 g/mol. The number of aromatic nitrogens is 2. The monoisotopic (exact) mass is 235 g/mol. The molecule has 4 heteroatoms. The molecule has 1 saturated carbocycles. The predicted octanol–water partition coefficient (Wildman–Crippen LogP) is 1.56. The van der Waals surface area contributed by atoms with Gasteiger partial charge in [-0.05, 0) is 25.3 Å². The maximum Gasteiger partial charge on any atom is 0.0764 e. The maximum absolute atomic E-state index is 9.49. The van der Waals surface area contributed by atoms with Gasteiger partial charge in [-0.3, -0.25) is 9.58 Å². The van der Waals surface area contributed by atoms with Crippen LogP contribution in [0.1, 0.15) is 43.8 Å². The van der Waals surface area contributed by atoms with Crippen molar-refractivity contribution in [3.63, 3.8) is 0 Å². The Hall–Kier alpha value is -0.870. The van der Waals surface area contributed by atoms with E-state index in [0.717, 1.165) is 31.7 Å². The fourth-order valence-corrected chi connectivity index (χ4v) is 3.02. The Bertz CT molecular complexity index is 370. The van der Waals surface area contributed by atoms with Crippen molar-refractivity contribution in [2.45, 2.75) is 50.8 Å². The van der Waals surface area contributed by atoms with E-state index in [1.807, 2.05) is 0 Å². The molecule has 1 N–H and O–H groups in total. The number of aliphatic hydroxyl groups is 1. The van der Waals surface area contributed by atoms with Gasteiger partial charge in [-0.1, -0.05) is 12.8 Å². The molecule has 2 aliphatic rings. The van der Waals surface area contributed by atoms with Gasteiger partial charge in [0, 0.05) is 25.8 Å². The van der Waals surface area contributed by atoms with Crippen LogP contribution in [-0.4, -0.2) is 39.0 Å². The average molecular weight is 235 g/mol. The van der Waals surface area contributed by atoms with E-state index in [1.165, 1.54) is 25.7 Å². The molecule has 0 aromatic carbocycles. The summed E-state index contributed by atoms with van der Waals surface area (Å²) in [5.41, 5.74) is 1.14. The first-order valence-electron chi connectivity index (χ1n) is 6.76. The molecule has 2 fully saturated rings. The van der Waals surface area contributed by atoms with Crippen molar-refractivity contribution in [2.75, 3.05) is 13.1 Å². The summed E-state index contributed by atoms with van der Waals surface area (Å²) in [6.07, 6.45) is 8.15. The Morgan fingerprint density at radius 1 is 1.29 bits per heavy atom. The molecule has 0 spiro atoms. The molecule has 94 valence electrons. The molecule has 2 heterocycles. The molecule has 1 saturated heterocycles. The van der Waals surface area contributed by atoms with Crippen molar-refractivity contribution in [2.24, 2.45) is 0 Å². The number of hydrogen-bond acceptors (Lipinski definition) is 3. The molecule has 0 radical (unpaired) electrons.